The van der Waals surface area contributed by atoms with Crippen LogP contribution >= 0.6 is 0 Å². The molecule has 0 bridgehead atoms. The third-order valence-corrected chi connectivity index (χ3v) is 3.27. The fourth-order valence-corrected chi connectivity index (χ4v) is 1.14. The van der Waals surface area contributed by atoms with Gasteiger partial charge in [0.1, 0.15) is 0 Å². The van der Waals surface area contributed by atoms with Crippen molar-refractivity contribution in [1.82, 2.24) is 5.43 Å². The minimum Gasteiger partial charge on any atom is -0.282 e. The molecule has 0 radical (unpaired) electrons. The van der Waals surface area contributed by atoms with Gasteiger partial charge in [-0.05, 0) is 17.6 Å². The highest BCUT2D eigenvalue weighted by atomic mass is 15.3. The van der Waals surface area contributed by atoms with Gasteiger partial charge in [0, 0.05) is 17.3 Å². The molecular weight excluding hydrogens is 172 g/mol. The van der Waals surface area contributed by atoms with Crippen LogP contribution < -0.4 is 5.43 Å². The van der Waals surface area contributed by atoms with E-state index in [0.717, 1.165) is 5.70 Å². The molecule has 0 unspecified atom stereocenters. The summed E-state index contributed by atoms with van der Waals surface area (Å²) in [6.07, 6.45) is 7.81. The molecule has 78 valence electrons. The molecule has 0 fully saturated rings. The van der Waals surface area contributed by atoms with E-state index in [9.17, 15) is 0 Å². The van der Waals surface area contributed by atoms with Crippen molar-refractivity contribution in [2.24, 2.45) is 15.9 Å². The van der Waals surface area contributed by atoms with Crippen LogP contribution in [0.3, 0.4) is 0 Å². The summed E-state index contributed by atoms with van der Waals surface area (Å²) < 4.78 is 0. The molecule has 14 heavy (non-hydrogen) atoms. The van der Waals surface area contributed by atoms with Crippen LogP contribution in [0.1, 0.15) is 34.6 Å². The zero-order valence-electron chi connectivity index (χ0n) is 9.76. The van der Waals surface area contributed by atoms with Gasteiger partial charge in [0.15, 0.2) is 0 Å². The average molecular weight is 192 g/mol. The number of rotatable bonds is 1. The summed E-state index contributed by atoms with van der Waals surface area (Å²) in [7, 11) is 0. The molecule has 0 aromatic heterocycles. The van der Waals surface area contributed by atoms with Crippen molar-refractivity contribution in [1.29, 1.82) is 0 Å². The Morgan fingerprint density at radius 1 is 1.07 bits per heavy atom. The van der Waals surface area contributed by atoms with Crippen molar-refractivity contribution >= 4 is 6.21 Å². The Balaban J connectivity index is 2.98. The van der Waals surface area contributed by atoms with Gasteiger partial charge in [0.25, 0.3) is 0 Å². The van der Waals surface area contributed by atoms with E-state index >= 15 is 0 Å². The number of hydrazone groups is 1. The highest BCUT2D eigenvalue weighted by Crippen LogP contribution is 2.42. The maximum absolute atomic E-state index is 4.10. The summed E-state index contributed by atoms with van der Waals surface area (Å²) in [6, 6.07) is 0. The van der Waals surface area contributed by atoms with Gasteiger partial charge in [0.2, 0.25) is 0 Å². The van der Waals surface area contributed by atoms with Crippen LogP contribution in [0.15, 0.2) is 29.0 Å². The van der Waals surface area contributed by atoms with Crippen LogP contribution in [0, 0.1) is 10.8 Å². The predicted molar refractivity (Wildman–Crippen MR) is 62.1 cm³/mol. The number of nitrogens with zero attached hydrogens (tertiary/aromatic N) is 1. The third kappa shape index (κ3) is 2.06. The second kappa shape index (κ2) is 3.60. The smallest absolute Gasteiger partial charge is 0.0472 e. The molecule has 0 saturated carbocycles. The summed E-state index contributed by atoms with van der Waals surface area (Å²) in [4.78, 5) is 0. The second-order valence-corrected chi connectivity index (χ2v) is 5.23. The lowest BCUT2D eigenvalue weighted by atomic mass is 9.67. The zero-order valence-corrected chi connectivity index (χ0v) is 9.76. The molecule has 1 heterocycles. The maximum atomic E-state index is 4.10. The first-order valence-electron chi connectivity index (χ1n) is 5.02. The molecule has 1 aliphatic rings. The minimum atomic E-state index is 0.0824. The Bertz CT molecular complexity index is 288. The molecule has 2 heteroatoms. The fourth-order valence-electron chi connectivity index (χ4n) is 1.14. The van der Waals surface area contributed by atoms with E-state index in [-0.39, 0.29) is 10.8 Å². The van der Waals surface area contributed by atoms with E-state index in [1.165, 1.54) is 0 Å². The normalized spacial score (nSPS) is 17.4. The Hall–Kier alpha value is -1.05. The van der Waals surface area contributed by atoms with Gasteiger partial charge in [-0.3, -0.25) is 5.43 Å². The van der Waals surface area contributed by atoms with Crippen LogP contribution in [0.25, 0.3) is 0 Å². The van der Waals surface area contributed by atoms with Gasteiger partial charge in [-0.25, -0.2) is 0 Å². The fraction of sp³-hybridized carbons (Fsp3) is 0.583. The van der Waals surface area contributed by atoms with Crippen LogP contribution in [0.4, 0.5) is 0 Å². The van der Waals surface area contributed by atoms with E-state index < -0.39 is 0 Å². The van der Waals surface area contributed by atoms with E-state index in [0.29, 0.717) is 0 Å². The summed E-state index contributed by atoms with van der Waals surface area (Å²) >= 11 is 0. The number of hydrogen-bond donors (Lipinski definition) is 1. The van der Waals surface area contributed by atoms with Gasteiger partial charge in [-0.2, -0.15) is 5.10 Å². The third-order valence-electron chi connectivity index (χ3n) is 3.27. The summed E-state index contributed by atoms with van der Waals surface area (Å²) in [5, 5.41) is 4.10. The maximum Gasteiger partial charge on any atom is 0.0472 e. The second-order valence-electron chi connectivity index (χ2n) is 5.23. The molecule has 1 N–H and O–H groups in total. The van der Waals surface area contributed by atoms with Crippen molar-refractivity contribution in [2.75, 3.05) is 0 Å². The van der Waals surface area contributed by atoms with E-state index in [4.69, 9.17) is 0 Å². The molecule has 1 aliphatic heterocycles. The van der Waals surface area contributed by atoms with Crippen LogP contribution in [0.5, 0.6) is 0 Å². The Kier molecular flexibility index (Phi) is 2.84. The first kappa shape index (κ1) is 11.0. The van der Waals surface area contributed by atoms with E-state index in [1.54, 1.807) is 6.21 Å². The molecule has 0 saturated heterocycles. The van der Waals surface area contributed by atoms with Crippen molar-refractivity contribution in [3.8, 4) is 0 Å². The Labute approximate surface area is 86.8 Å². The molecular formula is C12H20N2. The molecule has 0 aromatic rings. The number of allylic oxidation sites excluding steroid dienone is 4. The summed E-state index contributed by atoms with van der Waals surface area (Å²) in [6.45, 7) is 11.2. The van der Waals surface area contributed by atoms with Gasteiger partial charge in [-0.15, -0.1) is 0 Å². The molecule has 0 amide bonds. The first-order valence-corrected chi connectivity index (χ1v) is 5.02. The highest BCUT2D eigenvalue weighted by molar-refractivity contribution is 5.71. The van der Waals surface area contributed by atoms with Crippen molar-refractivity contribution in [2.45, 2.75) is 34.6 Å². The Morgan fingerprint density at radius 3 is 2.29 bits per heavy atom. The average Bonchev–Trinajstić information content (AvgIpc) is 2.29. The lowest BCUT2D eigenvalue weighted by Gasteiger charge is -2.40. The van der Waals surface area contributed by atoms with E-state index in [2.05, 4.69) is 51.2 Å². The lowest BCUT2D eigenvalue weighted by Crippen LogP contribution is -2.35. The topological polar surface area (TPSA) is 24.4 Å². The largest absolute Gasteiger partial charge is 0.282 e. The zero-order chi connectivity index (χ0) is 10.8. The van der Waals surface area contributed by atoms with Crippen molar-refractivity contribution < 1.29 is 0 Å². The quantitative estimate of drug-likeness (QED) is 0.678. The monoisotopic (exact) mass is 192 g/mol. The van der Waals surface area contributed by atoms with Crippen LogP contribution in [0.2, 0.25) is 0 Å². The first-order chi connectivity index (χ1) is 6.36. The summed E-state index contributed by atoms with van der Waals surface area (Å²) in [5.74, 6) is 0. The van der Waals surface area contributed by atoms with Crippen molar-refractivity contribution in [3.05, 3.63) is 23.9 Å². The number of nitrogens with one attached hydrogen (secondary N) is 1. The molecule has 2 nitrogen and oxygen atoms in total. The molecule has 0 spiro atoms. The van der Waals surface area contributed by atoms with Gasteiger partial charge in [0.05, 0.1) is 0 Å². The minimum absolute atomic E-state index is 0.0824. The van der Waals surface area contributed by atoms with Gasteiger partial charge >= 0.3 is 0 Å². The molecule has 1 rings (SSSR count). The van der Waals surface area contributed by atoms with Crippen molar-refractivity contribution in [3.63, 3.8) is 0 Å². The van der Waals surface area contributed by atoms with Crippen LogP contribution in [-0.4, -0.2) is 6.21 Å². The predicted octanol–water partition coefficient (Wildman–Crippen LogP) is 3.09. The lowest BCUT2D eigenvalue weighted by molar-refractivity contribution is 0.167. The molecule has 0 aromatic carbocycles. The number of hydrogen-bond acceptors (Lipinski definition) is 2. The van der Waals surface area contributed by atoms with E-state index in [1.807, 2.05) is 12.2 Å². The standard InChI is InChI=1S/C12H20N2/c1-11(2,3)12(4,5)10-8-6-7-9-13-14-10/h6-9,14H,1-5H3. The van der Waals surface area contributed by atoms with Crippen LogP contribution in [-0.2, 0) is 0 Å². The SMILES string of the molecule is CC(C)(C)C(C)(C)C1=CC=CC=NN1. The van der Waals surface area contributed by atoms with Gasteiger partial charge in [-0.1, -0.05) is 40.7 Å². The molecule has 0 aliphatic carbocycles. The Morgan fingerprint density at radius 2 is 1.71 bits per heavy atom. The van der Waals surface area contributed by atoms with Gasteiger partial charge < -0.3 is 0 Å². The highest BCUT2D eigenvalue weighted by Gasteiger charge is 2.36. The summed E-state index contributed by atoms with van der Waals surface area (Å²) in [5.41, 5.74) is 4.55. The molecule has 0 atom stereocenters.